The fraction of sp³-hybridized carbons (Fsp3) is 0.867. The second-order valence-electron chi connectivity index (χ2n) is 6.34. The zero-order valence-electron chi connectivity index (χ0n) is 13.0. The Morgan fingerprint density at radius 3 is 2.57 bits per heavy atom. The number of methoxy groups -OCH3 is 1. The van der Waals surface area contributed by atoms with E-state index in [-0.39, 0.29) is 17.8 Å². The van der Waals surface area contributed by atoms with Gasteiger partial charge in [0.25, 0.3) is 0 Å². The van der Waals surface area contributed by atoms with Gasteiger partial charge in [-0.15, -0.1) is 0 Å². The van der Waals surface area contributed by atoms with Gasteiger partial charge in [0, 0.05) is 19.7 Å². The molecule has 2 aliphatic carbocycles. The fourth-order valence-corrected chi connectivity index (χ4v) is 3.44. The van der Waals surface area contributed by atoms with E-state index in [4.69, 9.17) is 15.7 Å². The van der Waals surface area contributed by atoms with Crippen molar-refractivity contribution in [3.63, 3.8) is 0 Å². The third-order valence-corrected chi connectivity index (χ3v) is 5.06. The molecular weight excluding hydrogens is 270 g/mol. The maximum atomic E-state index is 13.1. The molecule has 1 unspecified atom stereocenters. The SMILES string of the molecule is COCCN(C(=O)C1(C(N)=NO)CCCC1)C(C)C1CC1. The number of nitrogens with two attached hydrogens (primary N) is 1. The summed E-state index contributed by atoms with van der Waals surface area (Å²) in [5.74, 6) is 0.652. The molecule has 0 spiro atoms. The van der Waals surface area contributed by atoms with Crippen LogP contribution in [0.2, 0.25) is 0 Å². The number of carbonyl (C=O) groups excluding carboxylic acids is 1. The van der Waals surface area contributed by atoms with Crippen LogP contribution in [0.4, 0.5) is 0 Å². The van der Waals surface area contributed by atoms with Crippen LogP contribution >= 0.6 is 0 Å². The largest absolute Gasteiger partial charge is 0.409 e. The number of oxime groups is 1. The summed E-state index contributed by atoms with van der Waals surface area (Å²) in [6, 6.07) is 0.191. The van der Waals surface area contributed by atoms with Crippen molar-refractivity contribution in [2.24, 2.45) is 22.2 Å². The van der Waals surface area contributed by atoms with Crippen molar-refractivity contribution >= 4 is 11.7 Å². The van der Waals surface area contributed by atoms with Crippen LogP contribution in [0, 0.1) is 11.3 Å². The van der Waals surface area contributed by atoms with Gasteiger partial charge in [0.2, 0.25) is 5.91 Å². The molecule has 6 nitrogen and oxygen atoms in total. The average Bonchev–Trinajstić information content (AvgIpc) is 3.23. The molecule has 1 amide bonds. The number of amidine groups is 1. The second-order valence-corrected chi connectivity index (χ2v) is 6.34. The molecule has 21 heavy (non-hydrogen) atoms. The highest BCUT2D eigenvalue weighted by Gasteiger charge is 2.49. The molecule has 0 aromatic carbocycles. The summed E-state index contributed by atoms with van der Waals surface area (Å²) in [7, 11) is 1.64. The van der Waals surface area contributed by atoms with Crippen LogP contribution < -0.4 is 5.73 Å². The number of ether oxygens (including phenoxy) is 1. The van der Waals surface area contributed by atoms with Gasteiger partial charge in [0.05, 0.1) is 6.61 Å². The van der Waals surface area contributed by atoms with Crippen molar-refractivity contribution in [1.29, 1.82) is 0 Å². The summed E-state index contributed by atoms with van der Waals surface area (Å²) in [6.07, 6.45) is 5.57. The standard InChI is InChI=1S/C15H27N3O3/c1-11(12-5-6-12)18(9-10-21-2)14(19)15(13(16)17-20)7-3-4-8-15/h11-12,20H,3-10H2,1-2H3,(H2,16,17). The molecule has 2 rings (SSSR count). The van der Waals surface area contributed by atoms with E-state index in [1.165, 1.54) is 12.8 Å². The van der Waals surface area contributed by atoms with E-state index in [1.807, 2.05) is 4.90 Å². The summed E-state index contributed by atoms with van der Waals surface area (Å²) >= 11 is 0. The van der Waals surface area contributed by atoms with Gasteiger partial charge in [-0.25, -0.2) is 0 Å². The first kappa shape index (κ1) is 16.1. The van der Waals surface area contributed by atoms with Gasteiger partial charge >= 0.3 is 0 Å². The minimum Gasteiger partial charge on any atom is -0.409 e. The van der Waals surface area contributed by atoms with E-state index < -0.39 is 5.41 Å². The molecule has 0 aromatic rings. The Bertz CT molecular complexity index is 401. The van der Waals surface area contributed by atoms with Crippen molar-refractivity contribution in [2.75, 3.05) is 20.3 Å². The van der Waals surface area contributed by atoms with Crippen molar-refractivity contribution in [3.05, 3.63) is 0 Å². The predicted octanol–water partition coefficient (Wildman–Crippen LogP) is 1.57. The van der Waals surface area contributed by atoms with Gasteiger partial charge < -0.3 is 20.6 Å². The molecule has 0 bridgehead atoms. The van der Waals surface area contributed by atoms with Gasteiger partial charge in [0.15, 0.2) is 5.84 Å². The smallest absolute Gasteiger partial charge is 0.236 e. The normalized spacial score (nSPS) is 23.0. The Balaban J connectivity index is 2.21. The molecule has 0 aromatic heterocycles. The Labute approximate surface area is 126 Å². The van der Waals surface area contributed by atoms with E-state index in [1.54, 1.807) is 7.11 Å². The van der Waals surface area contributed by atoms with E-state index in [2.05, 4.69) is 12.1 Å². The summed E-state index contributed by atoms with van der Waals surface area (Å²) in [6.45, 7) is 3.17. The number of rotatable bonds is 7. The van der Waals surface area contributed by atoms with E-state index in [0.717, 1.165) is 12.8 Å². The number of hydrogen-bond donors (Lipinski definition) is 2. The maximum absolute atomic E-state index is 13.1. The van der Waals surface area contributed by atoms with Gasteiger partial charge in [-0.3, -0.25) is 4.79 Å². The van der Waals surface area contributed by atoms with Crippen molar-refractivity contribution in [2.45, 2.75) is 51.5 Å². The molecule has 6 heteroatoms. The summed E-state index contributed by atoms with van der Waals surface area (Å²) < 4.78 is 5.15. The van der Waals surface area contributed by atoms with Crippen LogP contribution in [0.1, 0.15) is 45.4 Å². The molecule has 1 atom stereocenters. The van der Waals surface area contributed by atoms with E-state index >= 15 is 0 Å². The van der Waals surface area contributed by atoms with Crippen molar-refractivity contribution in [3.8, 4) is 0 Å². The maximum Gasteiger partial charge on any atom is 0.236 e. The summed E-state index contributed by atoms with van der Waals surface area (Å²) in [4.78, 5) is 15.0. The lowest BCUT2D eigenvalue weighted by Gasteiger charge is -2.37. The highest BCUT2D eigenvalue weighted by Crippen LogP contribution is 2.42. The molecule has 2 aliphatic rings. The zero-order valence-corrected chi connectivity index (χ0v) is 13.0. The van der Waals surface area contributed by atoms with Crippen LogP contribution in [-0.4, -0.2) is 48.2 Å². The van der Waals surface area contributed by atoms with Crippen LogP contribution in [0.3, 0.4) is 0 Å². The minimum absolute atomic E-state index is 0.00625. The van der Waals surface area contributed by atoms with Crippen LogP contribution in [0.25, 0.3) is 0 Å². The molecule has 0 aliphatic heterocycles. The fourth-order valence-electron chi connectivity index (χ4n) is 3.44. The Kier molecular flexibility index (Phi) is 5.08. The quantitative estimate of drug-likeness (QED) is 0.323. The van der Waals surface area contributed by atoms with Gasteiger partial charge in [0.1, 0.15) is 5.41 Å². The van der Waals surface area contributed by atoms with Crippen LogP contribution in [-0.2, 0) is 9.53 Å². The lowest BCUT2D eigenvalue weighted by Crippen LogP contribution is -2.53. The van der Waals surface area contributed by atoms with Crippen LogP contribution in [0.5, 0.6) is 0 Å². The zero-order chi connectivity index (χ0) is 15.5. The van der Waals surface area contributed by atoms with Crippen LogP contribution in [0.15, 0.2) is 5.16 Å². The first-order valence-corrected chi connectivity index (χ1v) is 7.85. The Hall–Kier alpha value is -1.30. The topological polar surface area (TPSA) is 88.2 Å². The van der Waals surface area contributed by atoms with E-state index in [9.17, 15) is 4.79 Å². The minimum atomic E-state index is -0.814. The lowest BCUT2D eigenvalue weighted by molar-refractivity contribution is -0.141. The monoisotopic (exact) mass is 297 g/mol. The first-order valence-electron chi connectivity index (χ1n) is 7.85. The van der Waals surface area contributed by atoms with Gasteiger partial charge in [-0.05, 0) is 38.5 Å². The number of nitrogens with zero attached hydrogens (tertiary/aromatic N) is 2. The molecule has 2 fully saturated rings. The first-order chi connectivity index (χ1) is 10.1. The molecule has 0 heterocycles. The Morgan fingerprint density at radius 2 is 2.10 bits per heavy atom. The number of amides is 1. The highest BCUT2D eigenvalue weighted by molar-refractivity contribution is 6.07. The molecular formula is C15H27N3O3. The third kappa shape index (κ3) is 3.15. The molecule has 3 N–H and O–H groups in total. The second kappa shape index (κ2) is 6.64. The molecule has 0 radical (unpaired) electrons. The van der Waals surface area contributed by atoms with Crippen molar-refractivity contribution in [1.82, 2.24) is 4.90 Å². The van der Waals surface area contributed by atoms with Crippen molar-refractivity contribution < 1.29 is 14.7 Å². The van der Waals surface area contributed by atoms with E-state index in [0.29, 0.717) is 31.9 Å². The van der Waals surface area contributed by atoms with Gasteiger partial charge in [-0.1, -0.05) is 18.0 Å². The summed E-state index contributed by atoms with van der Waals surface area (Å²) in [5, 5.41) is 12.3. The molecule has 2 saturated carbocycles. The third-order valence-electron chi connectivity index (χ3n) is 5.06. The van der Waals surface area contributed by atoms with Gasteiger partial charge in [-0.2, -0.15) is 0 Å². The number of carbonyl (C=O) groups is 1. The molecule has 0 saturated heterocycles. The highest BCUT2D eigenvalue weighted by atomic mass is 16.5. The Morgan fingerprint density at radius 1 is 1.48 bits per heavy atom. The average molecular weight is 297 g/mol. The number of hydrogen-bond acceptors (Lipinski definition) is 4. The lowest BCUT2D eigenvalue weighted by atomic mass is 9.82. The predicted molar refractivity (Wildman–Crippen MR) is 80.1 cm³/mol. The molecule has 120 valence electrons. The summed E-state index contributed by atoms with van der Waals surface area (Å²) in [5.41, 5.74) is 5.08.